The van der Waals surface area contributed by atoms with Crippen LogP contribution >= 0.6 is 0 Å². The second kappa shape index (κ2) is 8.81. The van der Waals surface area contributed by atoms with Gasteiger partial charge in [-0.3, -0.25) is 28.9 Å². The summed E-state index contributed by atoms with van der Waals surface area (Å²) in [6.45, 7) is 0.920. The van der Waals surface area contributed by atoms with Crippen LogP contribution in [0, 0.1) is 11.8 Å². The molecule has 1 saturated heterocycles. The molecular formula is C21H22N2O6. The number of hydrogen-bond acceptors (Lipinski definition) is 6. The smallest absolute Gasteiger partial charge is 0.308 e. The van der Waals surface area contributed by atoms with E-state index in [1.54, 1.807) is 24.3 Å². The van der Waals surface area contributed by atoms with E-state index in [9.17, 15) is 24.0 Å². The number of ether oxygens (including phenoxy) is 1. The molecule has 1 aromatic rings. The number of carbonyl (C=O) groups is 5. The molecule has 29 heavy (non-hydrogen) atoms. The summed E-state index contributed by atoms with van der Waals surface area (Å²) in [5, 5.41) is 2.56. The van der Waals surface area contributed by atoms with E-state index in [4.69, 9.17) is 4.74 Å². The van der Waals surface area contributed by atoms with Crippen molar-refractivity contribution in [2.45, 2.75) is 26.2 Å². The molecular weight excluding hydrogens is 376 g/mol. The second-order valence-electron chi connectivity index (χ2n) is 7.08. The summed E-state index contributed by atoms with van der Waals surface area (Å²) < 4.78 is 4.92. The number of carbonyl (C=O) groups excluding carboxylic acids is 5. The Morgan fingerprint density at radius 3 is 2.17 bits per heavy atom. The number of anilines is 1. The quantitative estimate of drug-likeness (QED) is 0.324. The molecule has 2 aliphatic rings. The van der Waals surface area contributed by atoms with Crippen LogP contribution in [0.5, 0.6) is 0 Å². The summed E-state index contributed by atoms with van der Waals surface area (Å²) in [7, 11) is 0. The monoisotopic (exact) mass is 398 g/mol. The molecule has 0 spiro atoms. The third-order valence-corrected chi connectivity index (χ3v) is 5.08. The molecule has 152 valence electrons. The first-order chi connectivity index (χ1) is 13.9. The first-order valence-electron chi connectivity index (χ1n) is 9.43. The number of rotatable bonds is 7. The molecule has 2 atom stereocenters. The van der Waals surface area contributed by atoms with Crippen LogP contribution in [0.3, 0.4) is 0 Å². The topological polar surface area (TPSA) is 110 Å². The Bertz CT molecular complexity index is 848. The first kappa shape index (κ1) is 20.4. The summed E-state index contributed by atoms with van der Waals surface area (Å²) in [6, 6.07) is 6.33. The molecule has 8 heteroatoms. The van der Waals surface area contributed by atoms with E-state index in [-0.39, 0.29) is 42.4 Å². The summed E-state index contributed by atoms with van der Waals surface area (Å²) in [5.41, 5.74) is 0.997. The van der Waals surface area contributed by atoms with Crippen LogP contribution in [-0.4, -0.2) is 47.5 Å². The van der Waals surface area contributed by atoms with Gasteiger partial charge in [-0.25, -0.2) is 0 Å². The number of ketones is 1. The summed E-state index contributed by atoms with van der Waals surface area (Å²) in [6.07, 6.45) is 4.73. The minimum atomic E-state index is -0.666. The largest absolute Gasteiger partial charge is 0.456 e. The van der Waals surface area contributed by atoms with Crippen LogP contribution in [0.15, 0.2) is 36.4 Å². The third kappa shape index (κ3) is 4.77. The molecule has 0 unspecified atom stereocenters. The number of amides is 3. The molecule has 3 amide bonds. The van der Waals surface area contributed by atoms with Crippen molar-refractivity contribution in [3.63, 3.8) is 0 Å². The Hall–Kier alpha value is -3.29. The lowest BCUT2D eigenvalue weighted by atomic mass is 9.85. The molecule has 0 radical (unpaired) electrons. The lowest BCUT2D eigenvalue weighted by Crippen LogP contribution is -2.33. The highest BCUT2D eigenvalue weighted by molar-refractivity contribution is 6.05. The van der Waals surface area contributed by atoms with Crippen LogP contribution in [0.25, 0.3) is 0 Å². The third-order valence-electron chi connectivity index (χ3n) is 5.08. The number of nitrogens with one attached hydrogen (secondary N) is 1. The van der Waals surface area contributed by atoms with Gasteiger partial charge in [0.05, 0.1) is 18.3 Å². The summed E-state index contributed by atoms with van der Waals surface area (Å²) >= 11 is 0. The number of fused-ring (bicyclic) bond motifs is 1. The van der Waals surface area contributed by atoms with Gasteiger partial charge in [-0.2, -0.15) is 0 Å². The Morgan fingerprint density at radius 1 is 1.03 bits per heavy atom. The van der Waals surface area contributed by atoms with Gasteiger partial charge in [-0.1, -0.05) is 12.2 Å². The number of hydrogen-bond donors (Lipinski definition) is 1. The maximum Gasteiger partial charge on any atom is 0.308 e. The fraction of sp³-hybridized carbons (Fsp3) is 0.381. The van der Waals surface area contributed by atoms with E-state index < -0.39 is 18.5 Å². The maximum atomic E-state index is 12.3. The van der Waals surface area contributed by atoms with Gasteiger partial charge in [0.2, 0.25) is 11.8 Å². The minimum absolute atomic E-state index is 0.0440. The van der Waals surface area contributed by atoms with Crippen molar-refractivity contribution >= 4 is 35.2 Å². The average Bonchev–Trinajstić information content (AvgIpc) is 2.95. The number of benzene rings is 1. The molecule has 1 heterocycles. The van der Waals surface area contributed by atoms with E-state index in [0.717, 1.165) is 4.90 Å². The van der Waals surface area contributed by atoms with Gasteiger partial charge in [-0.15, -0.1) is 0 Å². The zero-order chi connectivity index (χ0) is 21.0. The molecule has 0 bridgehead atoms. The Labute approximate surface area is 167 Å². The number of allylic oxidation sites excluding steroid dienone is 2. The van der Waals surface area contributed by atoms with Crippen LogP contribution in [0.4, 0.5) is 5.69 Å². The highest BCUT2D eigenvalue weighted by Gasteiger charge is 2.46. The minimum Gasteiger partial charge on any atom is -0.456 e. The van der Waals surface area contributed by atoms with Gasteiger partial charge in [0.15, 0.2) is 12.4 Å². The summed E-state index contributed by atoms with van der Waals surface area (Å²) in [4.78, 5) is 60.8. The number of Topliss-reactive ketones (excluding diaryl/α,β-unsaturated/α-hetero) is 1. The lowest BCUT2D eigenvalue weighted by molar-refractivity contribution is -0.148. The normalized spacial score (nSPS) is 20.4. The second-order valence-corrected chi connectivity index (χ2v) is 7.08. The van der Waals surface area contributed by atoms with Crippen molar-refractivity contribution in [3.05, 3.63) is 42.0 Å². The molecule has 0 saturated carbocycles. The SMILES string of the molecule is CC(=O)c1ccc(NC(=O)COC(=O)CCN2C(=O)[C@H]3CC=CC[C@H]3C2=O)cc1. The molecule has 1 N–H and O–H groups in total. The number of likely N-dealkylation sites (tertiary alicyclic amines) is 1. The van der Waals surface area contributed by atoms with E-state index >= 15 is 0 Å². The molecule has 8 nitrogen and oxygen atoms in total. The Morgan fingerprint density at radius 2 is 1.62 bits per heavy atom. The van der Waals surface area contributed by atoms with Gasteiger partial charge in [0, 0.05) is 17.8 Å². The highest BCUT2D eigenvalue weighted by atomic mass is 16.5. The highest BCUT2D eigenvalue weighted by Crippen LogP contribution is 2.34. The van der Waals surface area contributed by atoms with Gasteiger partial charge in [0.25, 0.3) is 5.91 Å². The predicted octanol–water partition coefficient (Wildman–Crippen LogP) is 1.71. The molecule has 1 aliphatic heterocycles. The fourth-order valence-electron chi connectivity index (χ4n) is 3.50. The van der Waals surface area contributed by atoms with Gasteiger partial charge >= 0.3 is 5.97 Å². The van der Waals surface area contributed by atoms with E-state index in [1.165, 1.54) is 6.92 Å². The van der Waals surface area contributed by atoms with Gasteiger partial charge < -0.3 is 10.1 Å². The lowest BCUT2D eigenvalue weighted by Gasteiger charge is -2.14. The van der Waals surface area contributed by atoms with Crippen molar-refractivity contribution < 1.29 is 28.7 Å². The number of esters is 1. The zero-order valence-electron chi connectivity index (χ0n) is 16.1. The van der Waals surface area contributed by atoms with E-state index in [1.807, 2.05) is 12.2 Å². The number of imide groups is 1. The van der Waals surface area contributed by atoms with Crippen molar-refractivity contribution in [2.24, 2.45) is 11.8 Å². The van der Waals surface area contributed by atoms with Gasteiger partial charge in [0.1, 0.15) is 0 Å². The van der Waals surface area contributed by atoms with Crippen LogP contribution in [-0.2, 0) is 23.9 Å². The molecule has 1 fully saturated rings. The summed E-state index contributed by atoms with van der Waals surface area (Å²) in [5.74, 6) is -2.43. The molecule has 1 aromatic carbocycles. The van der Waals surface area contributed by atoms with Gasteiger partial charge in [-0.05, 0) is 44.0 Å². The molecule has 0 aromatic heterocycles. The number of nitrogens with zero attached hydrogens (tertiary/aromatic N) is 1. The molecule has 1 aliphatic carbocycles. The van der Waals surface area contributed by atoms with Crippen molar-refractivity contribution in [1.29, 1.82) is 0 Å². The standard InChI is InChI=1S/C21H22N2O6/c1-13(24)14-6-8-15(9-7-14)22-18(25)12-29-19(26)10-11-23-20(27)16-4-2-3-5-17(16)21(23)28/h2-3,6-9,16-17H,4-5,10-12H2,1H3,(H,22,25)/t16-,17+. The maximum absolute atomic E-state index is 12.3. The van der Waals surface area contributed by atoms with Crippen molar-refractivity contribution in [3.8, 4) is 0 Å². The predicted molar refractivity (Wildman–Crippen MR) is 103 cm³/mol. The molecule has 3 rings (SSSR count). The first-order valence-corrected chi connectivity index (χ1v) is 9.43. The van der Waals surface area contributed by atoms with E-state index in [2.05, 4.69) is 5.32 Å². The van der Waals surface area contributed by atoms with Crippen LogP contribution in [0.1, 0.15) is 36.5 Å². The Balaban J connectivity index is 1.42. The average molecular weight is 398 g/mol. The van der Waals surface area contributed by atoms with E-state index in [0.29, 0.717) is 24.1 Å². The zero-order valence-corrected chi connectivity index (χ0v) is 16.1. The fourth-order valence-corrected chi connectivity index (χ4v) is 3.50. The Kier molecular flexibility index (Phi) is 6.21. The van der Waals surface area contributed by atoms with Crippen molar-refractivity contribution in [1.82, 2.24) is 4.90 Å². The van der Waals surface area contributed by atoms with Crippen LogP contribution in [0.2, 0.25) is 0 Å². The van der Waals surface area contributed by atoms with Crippen LogP contribution < -0.4 is 5.32 Å². The van der Waals surface area contributed by atoms with Crippen molar-refractivity contribution in [2.75, 3.05) is 18.5 Å².